The third-order valence-corrected chi connectivity index (χ3v) is 6.11. The van der Waals surface area contributed by atoms with Gasteiger partial charge in [-0.05, 0) is 38.0 Å². The molecule has 2 heterocycles. The summed E-state index contributed by atoms with van der Waals surface area (Å²) < 4.78 is 0. The summed E-state index contributed by atoms with van der Waals surface area (Å²) in [7, 11) is 0. The Morgan fingerprint density at radius 3 is 2.68 bits per heavy atom. The quantitative estimate of drug-likeness (QED) is 0.207. The highest BCUT2D eigenvalue weighted by Gasteiger charge is 2.27. The number of hydrogen-bond donors (Lipinski definition) is 5. The lowest BCUT2D eigenvalue weighted by atomic mass is 9.91. The third kappa shape index (κ3) is 4.76. The summed E-state index contributed by atoms with van der Waals surface area (Å²) in [5.74, 6) is 6.49. The Hall–Kier alpha value is -2.27. The Morgan fingerprint density at radius 2 is 2.07 bits per heavy atom. The average molecular weight is 422 g/mol. The van der Waals surface area contributed by atoms with Crippen LogP contribution in [0.5, 0.6) is 0 Å². The van der Waals surface area contributed by atoms with Crippen LogP contribution in [0.15, 0.2) is 39.4 Å². The van der Waals surface area contributed by atoms with Crippen molar-refractivity contribution in [2.75, 3.05) is 23.7 Å². The van der Waals surface area contributed by atoms with Crippen LogP contribution >= 0.6 is 23.4 Å². The maximum atomic E-state index is 6.36. The van der Waals surface area contributed by atoms with Crippen molar-refractivity contribution in [1.29, 1.82) is 0 Å². The zero-order valence-corrected chi connectivity index (χ0v) is 17.1. The smallest absolute Gasteiger partial charge is 0.158 e. The summed E-state index contributed by atoms with van der Waals surface area (Å²) in [4.78, 5) is 11.9. The molecule has 2 aromatic rings. The second-order valence-electron chi connectivity index (χ2n) is 6.93. The van der Waals surface area contributed by atoms with Crippen LogP contribution in [0.4, 0.5) is 11.6 Å². The lowest BCUT2D eigenvalue weighted by Gasteiger charge is -2.37. The summed E-state index contributed by atoms with van der Waals surface area (Å²) >= 11 is 7.70. The van der Waals surface area contributed by atoms with Gasteiger partial charge < -0.3 is 22.1 Å². The highest BCUT2D eigenvalue weighted by molar-refractivity contribution is 7.99. The van der Waals surface area contributed by atoms with Crippen molar-refractivity contribution in [3.8, 4) is 0 Å². The minimum atomic E-state index is -0.123. The van der Waals surface area contributed by atoms with Gasteiger partial charge in [-0.1, -0.05) is 23.4 Å². The summed E-state index contributed by atoms with van der Waals surface area (Å²) in [6.45, 7) is 3.74. The number of hydrazone groups is 1. The minimum Gasteiger partial charge on any atom is -0.382 e. The topological polar surface area (TPSA) is 157 Å². The van der Waals surface area contributed by atoms with Crippen molar-refractivity contribution in [3.63, 3.8) is 0 Å². The Labute approximate surface area is 172 Å². The first kappa shape index (κ1) is 20.5. The molecule has 0 amide bonds. The molecule has 0 radical (unpaired) electrons. The van der Waals surface area contributed by atoms with E-state index in [-0.39, 0.29) is 11.4 Å². The van der Waals surface area contributed by atoms with E-state index in [0.29, 0.717) is 21.4 Å². The number of nitrogens with one attached hydrogen (secondary N) is 1. The first-order chi connectivity index (χ1) is 13.3. The molecule has 150 valence electrons. The standard InChI is InChI=1S/C17H24ClN9S/c1-17(21)4-6-27(7-5-17)13-9-23-16(15(20)24-13)28-12-3-2-10(8-11(12)18)14(19)25-26-22/h2-3,8-9,26H,4-7,21-22H2,1H3,(H2,19,25)(H2,20,24). The molecular formula is C17H24ClN9S. The molecule has 1 aliphatic rings. The number of hydrazine groups is 1. The van der Waals surface area contributed by atoms with Gasteiger partial charge in [0.15, 0.2) is 11.7 Å². The monoisotopic (exact) mass is 421 g/mol. The molecule has 1 aliphatic heterocycles. The first-order valence-corrected chi connectivity index (χ1v) is 9.91. The number of benzene rings is 1. The maximum Gasteiger partial charge on any atom is 0.158 e. The van der Waals surface area contributed by atoms with E-state index in [0.717, 1.165) is 36.6 Å². The molecule has 9 nitrogen and oxygen atoms in total. The molecule has 0 aliphatic carbocycles. The molecule has 9 N–H and O–H groups in total. The number of nitrogen functional groups attached to an aromatic ring is 1. The Bertz CT molecular complexity index is 877. The molecular weight excluding hydrogens is 398 g/mol. The van der Waals surface area contributed by atoms with Gasteiger partial charge in [0.2, 0.25) is 0 Å². The van der Waals surface area contributed by atoms with Crippen LogP contribution < -0.4 is 33.5 Å². The molecule has 0 saturated carbocycles. The Kier molecular flexibility index (Phi) is 6.14. The third-order valence-electron chi connectivity index (χ3n) is 4.60. The predicted molar refractivity (Wildman–Crippen MR) is 114 cm³/mol. The van der Waals surface area contributed by atoms with Gasteiger partial charge in [-0.25, -0.2) is 21.3 Å². The van der Waals surface area contributed by atoms with Crippen LogP contribution in [0, 0.1) is 0 Å². The van der Waals surface area contributed by atoms with Gasteiger partial charge in [0, 0.05) is 29.1 Å². The number of nitrogens with zero attached hydrogens (tertiary/aromatic N) is 4. The number of nitrogens with two attached hydrogens (primary N) is 4. The highest BCUT2D eigenvalue weighted by atomic mass is 35.5. The van der Waals surface area contributed by atoms with Gasteiger partial charge in [-0.3, -0.25) is 0 Å². The van der Waals surface area contributed by atoms with Crippen LogP contribution in [-0.4, -0.2) is 34.4 Å². The van der Waals surface area contributed by atoms with Gasteiger partial charge >= 0.3 is 0 Å². The first-order valence-electron chi connectivity index (χ1n) is 8.72. The number of anilines is 2. The van der Waals surface area contributed by atoms with E-state index >= 15 is 0 Å². The van der Waals surface area contributed by atoms with Gasteiger partial charge in [0.25, 0.3) is 0 Å². The van der Waals surface area contributed by atoms with E-state index in [9.17, 15) is 0 Å². The van der Waals surface area contributed by atoms with E-state index in [1.54, 1.807) is 18.3 Å². The summed E-state index contributed by atoms with van der Waals surface area (Å²) in [5.41, 5.74) is 20.8. The number of hydrogen-bond acceptors (Lipinski definition) is 9. The fourth-order valence-corrected chi connectivity index (χ4v) is 3.89. The Morgan fingerprint density at radius 1 is 1.36 bits per heavy atom. The van der Waals surface area contributed by atoms with Crippen molar-refractivity contribution in [2.45, 2.75) is 35.2 Å². The fourth-order valence-electron chi connectivity index (χ4n) is 2.84. The van der Waals surface area contributed by atoms with Crippen LogP contribution in [0.25, 0.3) is 0 Å². The zero-order valence-electron chi connectivity index (χ0n) is 15.5. The summed E-state index contributed by atoms with van der Waals surface area (Å²) in [6.07, 6.45) is 3.54. The van der Waals surface area contributed by atoms with E-state index < -0.39 is 0 Å². The highest BCUT2D eigenvalue weighted by Crippen LogP contribution is 2.35. The van der Waals surface area contributed by atoms with Crippen molar-refractivity contribution < 1.29 is 0 Å². The van der Waals surface area contributed by atoms with E-state index in [1.807, 2.05) is 6.07 Å². The van der Waals surface area contributed by atoms with Gasteiger partial charge in [-0.2, -0.15) is 0 Å². The van der Waals surface area contributed by atoms with E-state index in [4.69, 9.17) is 34.6 Å². The molecule has 1 aromatic heterocycles. The lowest BCUT2D eigenvalue weighted by molar-refractivity contribution is 0.363. The van der Waals surface area contributed by atoms with Crippen molar-refractivity contribution in [3.05, 3.63) is 35.0 Å². The van der Waals surface area contributed by atoms with Crippen LogP contribution in [-0.2, 0) is 0 Å². The fraction of sp³-hybridized carbons (Fsp3) is 0.353. The van der Waals surface area contributed by atoms with Crippen molar-refractivity contribution >= 4 is 40.8 Å². The zero-order chi connectivity index (χ0) is 20.3. The van der Waals surface area contributed by atoms with Crippen molar-refractivity contribution in [2.24, 2.45) is 22.4 Å². The molecule has 0 spiro atoms. The normalized spacial score (nSPS) is 16.9. The summed E-state index contributed by atoms with van der Waals surface area (Å²) in [5, 5.41) is 4.82. The Balaban J connectivity index is 1.74. The second kappa shape index (κ2) is 8.39. The second-order valence-corrected chi connectivity index (χ2v) is 8.37. The lowest BCUT2D eigenvalue weighted by Crippen LogP contribution is -2.48. The van der Waals surface area contributed by atoms with Crippen LogP contribution in [0.3, 0.4) is 0 Å². The molecule has 11 heteroatoms. The van der Waals surface area contributed by atoms with E-state index in [1.165, 1.54) is 11.8 Å². The van der Waals surface area contributed by atoms with Gasteiger partial charge in [0.05, 0.1) is 11.2 Å². The molecule has 3 rings (SSSR count). The van der Waals surface area contributed by atoms with Gasteiger partial charge in [-0.15, -0.1) is 5.10 Å². The molecule has 0 atom stereocenters. The number of piperidine rings is 1. The van der Waals surface area contributed by atoms with Crippen molar-refractivity contribution in [1.82, 2.24) is 15.5 Å². The minimum absolute atomic E-state index is 0.123. The summed E-state index contributed by atoms with van der Waals surface area (Å²) in [6, 6.07) is 5.32. The predicted octanol–water partition coefficient (Wildman–Crippen LogP) is 1.26. The number of rotatable bonds is 5. The molecule has 1 aromatic carbocycles. The largest absolute Gasteiger partial charge is 0.382 e. The molecule has 1 fully saturated rings. The molecule has 0 unspecified atom stereocenters. The number of amidine groups is 1. The average Bonchev–Trinajstić information content (AvgIpc) is 2.65. The molecule has 0 bridgehead atoms. The molecule has 28 heavy (non-hydrogen) atoms. The number of halogens is 1. The van der Waals surface area contributed by atoms with E-state index in [2.05, 4.69) is 32.4 Å². The van der Waals surface area contributed by atoms with Crippen LogP contribution in [0.1, 0.15) is 25.3 Å². The maximum absolute atomic E-state index is 6.36. The SMILES string of the molecule is CC1(N)CCN(c2cnc(Sc3ccc(/C(N)=N/NN)cc3Cl)c(N)n2)CC1. The van der Waals surface area contributed by atoms with Crippen LogP contribution in [0.2, 0.25) is 5.02 Å². The van der Waals surface area contributed by atoms with Gasteiger partial charge in [0.1, 0.15) is 10.8 Å². The molecule has 1 saturated heterocycles. The number of aromatic nitrogens is 2.